The van der Waals surface area contributed by atoms with E-state index in [0.717, 1.165) is 11.8 Å². The number of hydrogen-bond donors (Lipinski definition) is 0. The van der Waals surface area contributed by atoms with Crippen LogP contribution >= 0.6 is 0 Å². The number of likely N-dealkylation sites (tertiary alicyclic amines) is 1. The van der Waals surface area contributed by atoms with Crippen molar-refractivity contribution in [2.45, 2.75) is 23.7 Å². The lowest BCUT2D eigenvalue weighted by atomic mass is 9.93. The standard InChI is InChI=1S/C20H20N4O4S/c1-29(26,27)17-13-22-19(15-4-2-8-21-12-15)23-18(17)14-6-9-24(10-7-14)20(25)16-5-3-11-28-16/h2-5,8,11-14H,6-7,9-10H2,1H3. The molecule has 29 heavy (non-hydrogen) atoms. The SMILES string of the molecule is CS(=O)(=O)c1cnc(-c2cccnc2)nc1C1CCN(C(=O)c2ccco2)CC1. The number of nitrogens with zero attached hydrogens (tertiary/aromatic N) is 4. The zero-order chi connectivity index (χ0) is 20.4. The van der Waals surface area contributed by atoms with Crippen molar-refractivity contribution in [3.63, 3.8) is 0 Å². The van der Waals surface area contributed by atoms with Gasteiger partial charge in [-0.3, -0.25) is 9.78 Å². The van der Waals surface area contributed by atoms with Gasteiger partial charge in [-0.05, 0) is 37.1 Å². The highest BCUT2D eigenvalue weighted by molar-refractivity contribution is 7.90. The van der Waals surface area contributed by atoms with E-state index in [1.54, 1.807) is 35.5 Å². The molecule has 0 spiro atoms. The Morgan fingerprint density at radius 3 is 2.59 bits per heavy atom. The molecule has 0 atom stereocenters. The number of aromatic nitrogens is 3. The summed E-state index contributed by atoms with van der Waals surface area (Å²) in [4.78, 5) is 27.3. The second-order valence-corrected chi connectivity index (χ2v) is 8.98. The summed E-state index contributed by atoms with van der Waals surface area (Å²) in [7, 11) is -3.48. The molecule has 0 N–H and O–H groups in total. The van der Waals surface area contributed by atoms with Gasteiger partial charge in [0.05, 0.1) is 12.0 Å². The molecule has 4 heterocycles. The maximum atomic E-state index is 12.5. The smallest absolute Gasteiger partial charge is 0.289 e. The molecular formula is C20H20N4O4S. The Bertz CT molecular complexity index is 1110. The van der Waals surface area contributed by atoms with Crippen LogP contribution in [0.4, 0.5) is 0 Å². The molecule has 3 aromatic heterocycles. The molecule has 0 aromatic carbocycles. The fourth-order valence-electron chi connectivity index (χ4n) is 3.51. The number of piperidine rings is 1. The molecule has 8 nitrogen and oxygen atoms in total. The van der Waals surface area contributed by atoms with E-state index >= 15 is 0 Å². The number of carbonyl (C=O) groups excluding carboxylic acids is 1. The highest BCUT2D eigenvalue weighted by atomic mass is 32.2. The first kappa shape index (κ1) is 19.3. The maximum absolute atomic E-state index is 12.5. The van der Waals surface area contributed by atoms with Crippen molar-refractivity contribution >= 4 is 15.7 Å². The molecule has 0 radical (unpaired) electrons. The molecular weight excluding hydrogens is 392 g/mol. The Balaban J connectivity index is 1.61. The molecule has 0 bridgehead atoms. The van der Waals surface area contributed by atoms with Crippen molar-refractivity contribution in [3.05, 3.63) is 60.6 Å². The molecule has 1 fully saturated rings. The molecule has 1 amide bonds. The topological polar surface area (TPSA) is 106 Å². The van der Waals surface area contributed by atoms with Gasteiger partial charge >= 0.3 is 0 Å². The van der Waals surface area contributed by atoms with Crippen molar-refractivity contribution in [2.75, 3.05) is 19.3 Å². The highest BCUT2D eigenvalue weighted by Gasteiger charge is 2.30. The van der Waals surface area contributed by atoms with Gasteiger partial charge in [0.1, 0.15) is 4.90 Å². The van der Waals surface area contributed by atoms with E-state index in [0.29, 0.717) is 43.2 Å². The van der Waals surface area contributed by atoms with Crippen molar-refractivity contribution in [3.8, 4) is 11.4 Å². The third-order valence-corrected chi connectivity index (χ3v) is 6.12. The van der Waals surface area contributed by atoms with Gasteiger partial charge < -0.3 is 9.32 Å². The minimum Gasteiger partial charge on any atom is -0.459 e. The van der Waals surface area contributed by atoms with Crippen LogP contribution in [0.1, 0.15) is 35.0 Å². The van der Waals surface area contributed by atoms with Gasteiger partial charge in [0, 0.05) is 49.4 Å². The number of amides is 1. The number of pyridine rings is 1. The Kier molecular flexibility index (Phi) is 5.14. The Labute approximate surface area is 168 Å². The first-order chi connectivity index (χ1) is 13.9. The number of carbonyl (C=O) groups is 1. The molecule has 9 heteroatoms. The molecule has 1 aliphatic rings. The van der Waals surface area contributed by atoms with Crippen molar-refractivity contribution < 1.29 is 17.6 Å². The van der Waals surface area contributed by atoms with Crippen LogP contribution in [0.3, 0.4) is 0 Å². The summed E-state index contributed by atoms with van der Waals surface area (Å²) in [6, 6.07) is 6.93. The van der Waals surface area contributed by atoms with Gasteiger partial charge in [-0.15, -0.1) is 0 Å². The number of rotatable bonds is 4. The molecule has 0 saturated carbocycles. The molecule has 3 aromatic rings. The predicted molar refractivity (Wildman–Crippen MR) is 105 cm³/mol. The van der Waals surface area contributed by atoms with Crippen LogP contribution < -0.4 is 0 Å². The normalized spacial score (nSPS) is 15.4. The molecule has 1 saturated heterocycles. The van der Waals surface area contributed by atoms with Crippen molar-refractivity contribution in [1.29, 1.82) is 0 Å². The largest absolute Gasteiger partial charge is 0.459 e. The van der Waals surface area contributed by atoms with Crippen LogP contribution in [0, 0.1) is 0 Å². The van der Waals surface area contributed by atoms with E-state index in [2.05, 4.69) is 15.0 Å². The van der Waals surface area contributed by atoms with E-state index in [1.807, 2.05) is 6.07 Å². The zero-order valence-electron chi connectivity index (χ0n) is 15.9. The average Bonchev–Trinajstić information content (AvgIpc) is 3.28. The Morgan fingerprint density at radius 1 is 1.17 bits per heavy atom. The maximum Gasteiger partial charge on any atom is 0.289 e. The molecule has 1 aliphatic heterocycles. The predicted octanol–water partition coefficient (Wildman–Crippen LogP) is 2.55. The zero-order valence-corrected chi connectivity index (χ0v) is 16.7. The van der Waals surface area contributed by atoms with E-state index in [9.17, 15) is 13.2 Å². The fourth-order valence-corrected chi connectivity index (χ4v) is 4.34. The van der Waals surface area contributed by atoms with Gasteiger partial charge in [0.2, 0.25) is 0 Å². The number of furan rings is 1. The third-order valence-electron chi connectivity index (χ3n) is 5.00. The minimum atomic E-state index is -3.48. The summed E-state index contributed by atoms with van der Waals surface area (Å²) in [5.41, 5.74) is 1.23. The highest BCUT2D eigenvalue weighted by Crippen LogP contribution is 2.32. The first-order valence-electron chi connectivity index (χ1n) is 9.23. The van der Waals surface area contributed by atoms with E-state index in [1.165, 1.54) is 12.5 Å². The van der Waals surface area contributed by atoms with E-state index in [-0.39, 0.29) is 16.7 Å². The van der Waals surface area contributed by atoms with Crippen LogP contribution in [0.5, 0.6) is 0 Å². The van der Waals surface area contributed by atoms with Crippen LogP contribution in [-0.2, 0) is 9.84 Å². The van der Waals surface area contributed by atoms with Crippen LogP contribution in [0.15, 0.2) is 58.4 Å². The van der Waals surface area contributed by atoms with Crippen LogP contribution in [0.25, 0.3) is 11.4 Å². The van der Waals surface area contributed by atoms with E-state index < -0.39 is 9.84 Å². The lowest BCUT2D eigenvalue weighted by Crippen LogP contribution is -2.38. The van der Waals surface area contributed by atoms with Crippen molar-refractivity contribution in [1.82, 2.24) is 19.9 Å². The third kappa shape index (κ3) is 4.04. The minimum absolute atomic E-state index is 0.0844. The molecule has 150 valence electrons. The Hall–Kier alpha value is -3.07. The lowest BCUT2D eigenvalue weighted by Gasteiger charge is -2.31. The van der Waals surface area contributed by atoms with Gasteiger partial charge in [-0.25, -0.2) is 18.4 Å². The summed E-state index contributed by atoms with van der Waals surface area (Å²) in [6.45, 7) is 0.999. The summed E-state index contributed by atoms with van der Waals surface area (Å²) < 4.78 is 29.8. The van der Waals surface area contributed by atoms with Gasteiger partial charge in [0.15, 0.2) is 21.4 Å². The van der Waals surface area contributed by atoms with Gasteiger partial charge in [-0.2, -0.15) is 0 Å². The quantitative estimate of drug-likeness (QED) is 0.648. The van der Waals surface area contributed by atoms with E-state index in [4.69, 9.17) is 4.42 Å². The summed E-state index contributed by atoms with van der Waals surface area (Å²) in [6.07, 6.45) is 8.52. The molecule has 0 unspecified atom stereocenters. The van der Waals surface area contributed by atoms with Crippen molar-refractivity contribution in [2.24, 2.45) is 0 Å². The fraction of sp³-hybridized carbons (Fsp3) is 0.300. The summed E-state index contributed by atoms with van der Waals surface area (Å²) in [5, 5.41) is 0. The Morgan fingerprint density at radius 2 is 1.97 bits per heavy atom. The molecule has 4 rings (SSSR count). The number of sulfone groups is 1. The monoisotopic (exact) mass is 412 g/mol. The average molecular weight is 412 g/mol. The number of hydrogen-bond acceptors (Lipinski definition) is 7. The summed E-state index contributed by atoms with van der Waals surface area (Å²) >= 11 is 0. The lowest BCUT2D eigenvalue weighted by molar-refractivity contribution is 0.0679. The second-order valence-electron chi connectivity index (χ2n) is 7.00. The summed E-state index contributed by atoms with van der Waals surface area (Å²) in [5.74, 6) is 0.505. The van der Waals surface area contributed by atoms with Crippen LogP contribution in [-0.4, -0.2) is 53.5 Å². The van der Waals surface area contributed by atoms with Gasteiger partial charge in [-0.1, -0.05) is 0 Å². The molecule has 0 aliphatic carbocycles. The van der Waals surface area contributed by atoms with Crippen LogP contribution in [0.2, 0.25) is 0 Å². The van der Waals surface area contributed by atoms with Gasteiger partial charge in [0.25, 0.3) is 5.91 Å². The first-order valence-corrected chi connectivity index (χ1v) is 11.1. The second kappa shape index (κ2) is 7.75.